The Bertz CT molecular complexity index is 215. The number of benzene rings is 1. The summed E-state index contributed by atoms with van der Waals surface area (Å²) in [7, 11) is 0. The molecule has 1 radical (unpaired) electrons. The lowest BCUT2D eigenvalue weighted by Crippen LogP contribution is -1.83. The van der Waals surface area contributed by atoms with Crippen LogP contribution in [0.25, 0.3) is 0 Å². The molecule has 0 aliphatic heterocycles. The van der Waals surface area contributed by atoms with Gasteiger partial charge in [-0.25, -0.2) is 0 Å². The van der Waals surface area contributed by atoms with Gasteiger partial charge in [0.25, 0.3) is 0 Å². The lowest BCUT2D eigenvalue weighted by Gasteiger charge is -1.97. The Morgan fingerprint density at radius 3 is 2.00 bits per heavy atom. The molecule has 0 saturated carbocycles. The van der Waals surface area contributed by atoms with Crippen molar-refractivity contribution >= 4 is 45.2 Å². The van der Waals surface area contributed by atoms with E-state index < -0.39 is 0 Å². The van der Waals surface area contributed by atoms with Crippen LogP contribution in [0.1, 0.15) is 5.56 Å². The van der Waals surface area contributed by atoms with Gasteiger partial charge in [-0.2, -0.15) is 0 Å². The van der Waals surface area contributed by atoms with Crippen LogP contribution in [0.15, 0.2) is 18.2 Å². The Morgan fingerprint density at radius 2 is 1.60 bits per heavy atom. The van der Waals surface area contributed by atoms with E-state index in [-0.39, 0.29) is 0 Å². The SMILES string of the molecule is O[CH]c1cc(I)cc(I)c1. The molecule has 0 fully saturated rings. The summed E-state index contributed by atoms with van der Waals surface area (Å²) in [5, 5.41) is 8.65. The molecule has 0 amide bonds. The van der Waals surface area contributed by atoms with Crippen molar-refractivity contribution < 1.29 is 5.11 Å². The topological polar surface area (TPSA) is 20.2 Å². The van der Waals surface area contributed by atoms with Gasteiger partial charge in [0.2, 0.25) is 0 Å². The largest absolute Gasteiger partial charge is 0.385 e. The third kappa shape index (κ3) is 2.35. The van der Waals surface area contributed by atoms with Gasteiger partial charge in [-0.05, 0) is 68.9 Å². The summed E-state index contributed by atoms with van der Waals surface area (Å²) in [6.07, 6.45) is 0. The quantitative estimate of drug-likeness (QED) is 0.765. The number of rotatable bonds is 1. The smallest absolute Gasteiger partial charge is 0.109 e. The molecule has 1 aromatic carbocycles. The van der Waals surface area contributed by atoms with Crippen LogP contribution in [0.2, 0.25) is 0 Å². The molecule has 1 N–H and O–H groups in total. The zero-order valence-electron chi connectivity index (χ0n) is 5.01. The molecule has 0 bridgehead atoms. The molecule has 0 unspecified atom stereocenters. The second kappa shape index (κ2) is 3.87. The van der Waals surface area contributed by atoms with Crippen molar-refractivity contribution in [1.29, 1.82) is 0 Å². The first-order valence-electron chi connectivity index (χ1n) is 2.66. The van der Waals surface area contributed by atoms with Crippen LogP contribution in [0, 0.1) is 13.7 Å². The van der Waals surface area contributed by atoms with Gasteiger partial charge in [-0.1, -0.05) is 0 Å². The van der Waals surface area contributed by atoms with E-state index in [2.05, 4.69) is 45.2 Å². The van der Waals surface area contributed by atoms with E-state index in [0.717, 1.165) is 19.3 Å². The zero-order valence-corrected chi connectivity index (χ0v) is 9.33. The summed E-state index contributed by atoms with van der Waals surface area (Å²) in [6, 6.07) is 5.89. The Hall–Kier alpha value is 0.640. The third-order valence-corrected chi connectivity index (χ3v) is 2.28. The number of halogens is 2. The van der Waals surface area contributed by atoms with E-state index in [1.165, 1.54) is 0 Å². The van der Waals surface area contributed by atoms with Gasteiger partial charge >= 0.3 is 0 Å². The molecular weight excluding hydrogens is 354 g/mol. The predicted octanol–water partition coefficient (Wildman–Crippen LogP) is 2.78. The normalized spacial score (nSPS) is 9.90. The molecule has 0 aliphatic rings. The second-order valence-electron chi connectivity index (χ2n) is 1.83. The minimum absolute atomic E-state index is 0.858. The average molecular weight is 359 g/mol. The fourth-order valence-electron chi connectivity index (χ4n) is 0.650. The number of aliphatic hydroxyl groups excluding tert-OH is 1. The lowest BCUT2D eigenvalue weighted by atomic mass is 10.2. The van der Waals surface area contributed by atoms with Gasteiger partial charge in [0.1, 0.15) is 6.61 Å². The molecule has 0 heterocycles. The Labute approximate surface area is 87.1 Å². The van der Waals surface area contributed by atoms with Gasteiger partial charge in [0.05, 0.1) is 0 Å². The molecule has 0 spiro atoms. The number of hydrogen-bond acceptors (Lipinski definition) is 1. The first kappa shape index (κ1) is 8.73. The molecule has 53 valence electrons. The van der Waals surface area contributed by atoms with Crippen molar-refractivity contribution in [2.75, 3.05) is 0 Å². The van der Waals surface area contributed by atoms with Gasteiger partial charge in [0, 0.05) is 7.14 Å². The summed E-state index contributed by atoms with van der Waals surface area (Å²) < 4.78 is 2.29. The Morgan fingerprint density at radius 1 is 1.10 bits per heavy atom. The van der Waals surface area contributed by atoms with Crippen LogP contribution in [0.5, 0.6) is 0 Å². The highest BCUT2D eigenvalue weighted by atomic mass is 127. The second-order valence-corrected chi connectivity index (χ2v) is 4.32. The van der Waals surface area contributed by atoms with E-state index in [1.54, 1.807) is 0 Å². The van der Waals surface area contributed by atoms with Gasteiger partial charge in [-0.3, -0.25) is 0 Å². The van der Waals surface area contributed by atoms with Crippen molar-refractivity contribution in [2.24, 2.45) is 0 Å². The first-order valence-corrected chi connectivity index (χ1v) is 4.81. The Balaban J connectivity index is 3.06. The zero-order chi connectivity index (χ0) is 7.56. The molecule has 1 rings (SSSR count). The number of hydrogen-bond donors (Lipinski definition) is 1. The van der Waals surface area contributed by atoms with Gasteiger partial charge < -0.3 is 5.11 Å². The molecule has 3 heteroatoms. The third-order valence-electron chi connectivity index (χ3n) is 1.03. The molecule has 1 aromatic rings. The molecule has 10 heavy (non-hydrogen) atoms. The monoisotopic (exact) mass is 359 g/mol. The van der Waals surface area contributed by atoms with E-state index in [4.69, 9.17) is 5.11 Å². The lowest BCUT2D eigenvalue weighted by molar-refractivity contribution is 0.415. The molecule has 0 aliphatic carbocycles. The van der Waals surface area contributed by atoms with Crippen LogP contribution >= 0.6 is 45.2 Å². The van der Waals surface area contributed by atoms with Gasteiger partial charge in [0.15, 0.2) is 0 Å². The molecule has 0 atom stereocenters. The predicted molar refractivity (Wildman–Crippen MR) is 57.2 cm³/mol. The molecule has 0 saturated heterocycles. The van der Waals surface area contributed by atoms with Crippen molar-refractivity contribution in [3.63, 3.8) is 0 Å². The fourth-order valence-corrected chi connectivity index (χ4v) is 2.64. The maximum absolute atomic E-state index is 8.65. The maximum atomic E-state index is 8.65. The maximum Gasteiger partial charge on any atom is 0.109 e. The highest BCUT2D eigenvalue weighted by molar-refractivity contribution is 14.1. The average Bonchev–Trinajstić information content (AvgIpc) is 1.85. The van der Waals surface area contributed by atoms with Crippen molar-refractivity contribution in [3.05, 3.63) is 37.5 Å². The summed E-state index contributed by atoms with van der Waals surface area (Å²) in [6.45, 7) is 1.12. The minimum atomic E-state index is 0.858. The van der Waals surface area contributed by atoms with Crippen molar-refractivity contribution in [3.8, 4) is 0 Å². The molecule has 0 aromatic heterocycles. The molecular formula is C7H5I2O. The number of aliphatic hydroxyl groups is 1. The van der Waals surface area contributed by atoms with Crippen molar-refractivity contribution in [2.45, 2.75) is 0 Å². The van der Waals surface area contributed by atoms with Gasteiger partial charge in [-0.15, -0.1) is 0 Å². The molecule has 1 nitrogen and oxygen atoms in total. The summed E-state index contributed by atoms with van der Waals surface area (Å²) >= 11 is 4.44. The van der Waals surface area contributed by atoms with E-state index >= 15 is 0 Å². The summed E-state index contributed by atoms with van der Waals surface area (Å²) in [4.78, 5) is 0. The Kier molecular flexibility index (Phi) is 3.38. The fraction of sp³-hybridized carbons (Fsp3) is 0. The van der Waals surface area contributed by atoms with E-state index in [0.29, 0.717) is 0 Å². The standard InChI is InChI=1S/C7H5I2O/c8-6-1-5(4-10)2-7(9)3-6/h1-4,10H. The van der Waals surface area contributed by atoms with E-state index in [1.807, 2.05) is 18.2 Å². The highest BCUT2D eigenvalue weighted by Crippen LogP contribution is 2.14. The van der Waals surface area contributed by atoms with Crippen LogP contribution in [0.4, 0.5) is 0 Å². The van der Waals surface area contributed by atoms with Crippen LogP contribution in [-0.2, 0) is 0 Å². The summed E-state index contributed by atoms with van der Waals surface area (Å²) in [5.74, 6) is 0. The van der Waals surface area contributed by atoms with Crippen LogP contribution in [0.3, 0.4) is 0 Å². The van der Waals surface area contributed by atoms with Crippen LogP contribution in [-0.4, -0.2) is 5.11 Å². The minimum Gasteiger partial charge on any atom is -0.385 e. The first-order chi connectivity index (χ1) is 4.72. The van der Waals surface area contributed by atoms with E-state index in [9.17, 15) is 0 Å². The van der Waals surface area contributed by atoms with Crippen LogP contribution < -0.4 is 0 Å². The van der Waals surface area contributed by atoms with Crippen molar-refractivity contribution in [1.82, 2.24) is 0 Å². The summed E-state index contributed by atoms with van der Waals surface area (Å²) in [5.41, 5.74) is 0.858. The highest BCUT2D eigenvalue weighted by Gasteiger charge is 1.94.